The van der Waals surface area contributed by atoms with Crippen LogP contribution in [0.1, 0.15) is 5.56 Å². The van der Waals surface area contributed by atoms with Crippen molar-refractivity contribution in [3.63, 3.8) is 0 Å². The first kappa shape index (κ1) is 10.2. The zero-order valence-electron chi connectivity index (χ0n) is 7.27. The number of carboxylic acid groups (broad SMARTS) is 1. The Morgan fingerprint density at radius 2 is 2.15 bits per heavy atom. The Hall–Kier alpha value is -0.900. The molecular weight excluding hydrogens is 234 g/mol. The van der Waals surface area contributed by atoms with Crippen LogP contribution in [-0.2, 0) is 11.3 Å². The second-order valence-corrected chi connectivity index (χ2v) is 3.98. The number of halogens is 1. The molecular formula is C9H11BrNO2+. The maximum atomic E-state index is 10.5. The van der Waals surface area contributed by atoms with Crippen LogP contribution in [0.25, 0.3) is 0 Å². The van der Waals surface area contributed by atoms with E-state index in [1.807, 2.05) is 36.0 Å². The average molecular weight is 245 g/mol. The molecule has 0 aliphatic heterocycles. The van der Waals surface area contributed by atoms with E-state index in [1.165, 1.54) is 0 Å². The van der Waals surface area contributed by atoms with Gasteiger partial charge in [0.15, 0.2) is 23.8 Å². The van der Waals surface area contributed by atoms with Crippen LogP contribution < -0.4 is 4.57 Å². The predicted molar refractivity (Wildman–Crippen MR) is 51.7 cm³/mol. The third-order valence-corrected chi connectivity index (χ3v) is 2.38. The Morgan fingerprint density at radius 3 is 2.62 bits per heavy atom. The molecule has 1 heterocycles. The molecule has 70 valence electrons. The molecule has 1 atom stereocenters. The lowest BCUT2D eigenvalue weighted by Gasteiger charge is -1.99. The number of carboxylic acids is 1. The molecule has 1 unspecified atom stereocenters. The summed E-state index contributed by atoms with van der Waals surface area (Å²) in [7, 11) is 0. The second-order valence-electron chi connectivity index (χ2n) is 2.88. The van der Waals surface area contributed by atoms with Gasteiger partial charge in [-0.2, -0.15) is 0 Å². The summed E-state index contributed by atoms with van der Waals surface area (Å²) in [5.41, 5.74) is 1.16. The van der Waals surface area contributed by atoms with Gasteiger partial charge in [-0.15, -0.1) is 0 Å². The van der Waals surface area contributed by atoms with E-state index in [-0.39, 0.29) is 0 Å². The Bertz CT molecular complexity index is 297. The SMILES string of the molecule is Cc1cc[n+](CC(Br)C(=O)O)cc1. The molecule has 0 aromatic carbocycles. The summed E-state index contributed by atoms with van der Waals surface area (Å²) in [5, 5.41) is 8.64. The zero-order valence-corrected chi connectivity index (χ0v) is 8.86. The molecule has 0 aliphatic carbocycles. The van der Waals surface area contributed by atoms with E-state index < -0.39 is 10.8 Å². The number of carbonyl (C=O) groups is 1. The number of nitrogens with zero attached hydrogens (tertiary/aromatic N) is 1. The molecule has 0 saturated carbocycles. The van der Waals surface area contributed by atoms with Crippen LogP contribution in [0.3, 0.4) is 0 Å². The van der Waals surface area contributed by atoms with Gasteiger partial charge in [0.05, 0.1) is 0 Å². The van der Waals surface area contributed by atoms with Gasteiger partial charge in [0.25, 0.3) is 0 Å². The van der Waals surface area contributed by atoms with E-state index in [0.29, 0.717) is 6.54 Å². The molecule has 3 nitrogen and oxygen atoms in total. The van der Waals surface area contributed by atoms with Gasteiger partial charge in [0.1, 0.15) is 0 Å². The van der Waals surface area contributed by atoms with E-state index >= 15 is 0 Å². The number of hydrogen-bond acceptors (Lipinski definition) is 1. The number of aliphatic carboxylic acids is 1. The highest BCUT2D eigenvalue weighted by molar-refractivity contribution is 9.10. The second kappa shape index (κ2) is 4.37. The van der Waals surface area contributed by atoms with Crippen molar-refractivity contribution >= 4 is 21.9 Å². The molecule has 13 heavy (non-hydrogen) atoms. The summed E-state index contributed by atoms with van der Waals surface area (Å²) in [5.74, 6) is -0.840. The minimum absolute atomic E-state index is 0.440. The first-order valence-corrected chi connectivity index (χ1v) is 4.84. The van der Waals surface area contributed by atoms with Crippen LogP contribution in [0.5, 0.6) is 0 Å². The van der Waals surface area contributed by atoms with E-state index in [4.69, 9.17) is 5.11 Å². The smallest absolute Gasteiger partial charge is 0.323 e. The van der Waals surface area contributed by atoms with Crippen molar-refractivity contribution in [2.75, 3.05) is 0 Å². The van der Waals surface area contributed by atoms with E-state index in [1.54, 1.807) is 0 Å². The Kier molecular flexibility index (Phi) is 3.42. The summed E-state index contributed by atoms with van der Waals surface area (Å²) in [6.45, 7) is 2.43. The molecule has 0 fully saturated rings. The molecule has 0 radical (unpaired) electrons. The molecule has 1 aromatic heterocycles. The fourth-order valence-electron chi connectivity index (χ4n) is 0.917. The summed E-state index contributed by atoms with van der Waals surface area (Å²) in [6, 6.07) is 3.89. The predicted octanol–water partition coefficient (Wildman–Crippen LogP) is 1.13. The Labute approximate surface area is 85.1 Å². The lowest BCUT2D eigenvalue weighted by molar-refractivity contribution is -0.694. The molecule has 0 bridgehead atoms. The molecule has 1 rings (SSSR count). The highest BCUT2D eigenvalue weighted by Gasteiger charge is 2.17. The van der Waals surface area contributed by atoms with Gasteiger partial charge >= 0.3 is 5.97 Å². The minimum Gasteiger partial charge on any atom is -0.480 e. The van der Waals surface area contributed by atoms with Crippen LogP contribution in [0.2, 0.25) is 0 Å². The van der Waals surface area contributed by atoms with Gasteiger partial charge in [0.2, 0.25) is 0 Å². The van der Waals surface area contributed by atoms with Crippen molar-refractivity contribution in [2.24, 2.45) is 0 Å². The van der Waals surface area contributed by atoms with E-state index in [0.717, 1.165) is 5.56 Å². The minimum atomic E-state index is -0.840. The first-order chi connectivity index (χ1) is 6.09. The van der Waals surface area contributed by atoms with Gasteiger partial charge in [-0.25, -0.2) is 4.57 Å². The molecule has 0 spiro atoms. The summed E-state index contributed by atoms with van der Waals surface area (Å²) >= 11 is 3.08. The highest BCUT2D eigenvalue weighted by atomic mass is 79.9. The van der Waals surface area contributed by atoms with Crippen molar-refractivity contribution in [3.05, 3.63) is 30.1 Å². The molecule has 0 aliphatic rings. The van der Waals surface area contributed by atoms with Gasteiger partial charge in [-0.3, -0.25) is 4.79 Å². The largest absolute Gasteiger partial charge is 0.480 e. The van der Waals surface area contributed by atoms with Crippen molar-refractivity contribution < 1.29 is 14.5 Å². The van der Waals surface area contributed by atoms with Crippen molar-refractivity contribution in [1.29, 1.82) is 0 Å². The lowest BCUT2D eigenvalue weighted by atomic mass is 10.3. The van der Waals surface area contributed by atoms with Crippen molar-refractivity contribution in [2.45, 2.75) is 18.3 Å². The third-order valence-electron chi connectivity index (χ3n) is 1.70. The summed E-state index contributed by atoms with van der Waals surface area (Å²) < 4.78 is 1.83. The Balaban J connectivity index is 2.64. The number of aryl methyl sites for hydroxylation is 1. The number of pyridine rings is 1. The number of hydrogen-bond donors (Lipinski definition) is 1. The van der Waals surface area contributed by atoms with Crippen LogP contribution in [-0.4, -0.2) is 15.9 Å². The zero-order chi connectivity index (χ0) is 9.84. The number of aromatic nitrogens is 1. The van der Waals surface area contributed by atoms with Crippen LogP contribution in [0, 0.1) is 6.92 Å². The highest BCUT2D eigenvalue weighted by Crippen LogP contribution is 1.99. The van der Waals surface area contributed by atoms with Crippen LogP contribution in [0.4, 0.5) is 0 Å². The van der Waals surface area contributed by atoms with Crippen LogP contribution in [0.15, 0.2) is 24.5 Å². The van der Waals surface area contributed by atoms with E-state index in [9.17, 15) is 4.79 Å². The van der Waals surface area contributed by atoms with Gasteiger partial charge < -0.3 is 5.11 Å². The summed E-state index contributed by atoms with van der Waals surface area (Å²) in [4.78, 5) is 9.98. The fourth-order valence-corrected chi connectivity index (χ4v) is 1.25. The average Bonchev–Trinajstić information content (AvgIpc) is 2.08. The number of rotatable bonds is 3. The van der Waals surface area contributed by atoms with Crippen molar-refractivity contribution in [3.8, 4) is 0 Å². The topological polar surface area (TPSA) is 41.2 Å². The van der Waals surface area contributed by atoms with Gasteiger partial charge in [-0.1, -0.05) is 15.9 Å². The quantitative estimate of drug-likeness (QED) is 0.640. The fraction of sp³-hybridized carbons (Fsp3) is 0.333. The maximum absolute atomic E-state index is 10.5. The first-order valence-electron chi connectivity index (χ1n) is 3.92. The summed E-state index contributed by atoms with van der Waals surface area (Å²) in [6.07, 6.45) is 3.74. The molecule has 0 saturated heterocycles. The van der Waals surface area contributed by atoms with Gasteiger partial charge in [0, 0.05) is 12.1 Å². The van der Waals surface area contributed by atoms with Crippen LogP contribution >= 0.6 is 15.9 Å². The molecule has 1 N–H and O–H groups in total. The normalized spacial score (nSPS) is 12.5. The van der Waals surface area contributed by atoms with Gasteiger partial charge in [-0.05, 0) is 12.5 Å². The Morgan fingerprint density at radius 1 is 1.62 bits per heavy atom. The monoisotopic (exact) mass is 244 g/mol. The standard InChI is InChI=1S/C9H10BrNO2/c1-7-2-4-11(5-3-7)6-8(10)9(12)13/h2-5,8H,6H2,1H3/p+1. The molecule has 4 heteroatoms. The molecule has 0 amide bonds. The maximum Gasteiger partial charge on any atom is 0.323 e. The van der Waals surface area contributed by atoms with Crippen molar-refractivity contribution in [1.82, 2.24) is 0 Å². The number of alkyl halides is 1. The van der Waals surface area contributed by atoms with E-state index in [2.05, 4.69) is 15.9 Å². The molecule has 1 aromatic rings. The third kappa shape index (κ3) is 3.14. The lowest BCUT2D eigenvalue weighted by Crippen LogP contribution is -2.39.